The molecular weight excluding hydrogens is 304 g/mol. The number of aryl methyl sites for hydroxylation is 1. The highest BCUT2D eigenvalue weighted by molar-refractivity contribution is 5.95. The summed E-state index contributed by atoms with van der Waals surface area (Å²) in [5, 5.41) is 2.90. The number of carbonyl (C=O) groups excluding carboxylic acids is 1. The van der Waals surface area contributed by atoms with Crippen molar-refractivity contribution in [3.63, 3.8) is 0 Å². The molecule has 1 aromatic carbocycles. The van der Waals surface area contributed by atoms with Gasteiger partial charge in [-0.05, 0) is 43.2 Å². The lowest BCUT2D eigenvalue weighted by molar-refractivity contribution is -0.118. The number of benzene rings is 1. The van der Waals surface area contributed by atoms with Crippen LogP contribution in [0, 0.1) is 18.8 Å². The molecule has 2 atom stereocenters. The number of nitrogens with two attached hydrogens (primary N) is 1. The zero-order chi connectivity index (χ0) is 17.5. The maximum Gasteiger partial charge on any atom is 0.241 e. The molecule has 134 valence electrons. The van der Waals surface area contributed by atoms with Crippen LogP contribution in [0.5, 0.6) is 5.75 Å². The first-order valence-electron chi connectivity index (χ1n) is 8.89. The molecule has 1 heterocycles. The first-order valence-corrected chi connectivity index (χ1v) is 8.89. The molecule has 0 bridgehead atoms. The third-order valence-electron chi connectivity index (χ3n) is 4.83. The zero-order valence-electron chi connectivity index (χ0n) is 15.0. The molecule has 1 amide bonds. The van der Waals surface area contributed by atoms with Crippen molar-refractivity contribution >= 4 is 11.6 Å². The summed E-state index contributed by atoms with van der Waals surface area (Å²) in [5.41, 5.74) is 7.78. The van der Waals surface area contributed by atoms with E-state index in [9.17, 15) is 4.79 Å². The molecule has 0 radical (unpaired) electrons. The van der Waals surface area contributed by atoms with E-state index < -0.39 is 6.04 Å². The van der Waals surface area contributed by atoms with Gasteiger partial charge in [0.15, 0.2) is 0 Å². The Bertz CT molecular complexity index is 541. The number of carbonyl (C=O) groups is 1. The number of ether oxygens (including phenoxy) is 2. The van der Waals surface area contributed by atoms with Crippen LogP contribution in [0.15, 0.2) is 18.2 Å². The van der Waals surface area contributed by atoms with E-state index in [0.717, 1.165) is 49.5 Å². The van der Waals surface area contributed by atoms with Crippen LogP contribution in [-0.2, 0) is 9.53 Å². The summed E-state index contributed by atoms with van der Waals surface area (Å²) in [7, 11) is 0. The fraction of sp³-hybridized carbons (Fsp3) is 0.632. The Hall–Kier alpha value is -1.59. The maximum atomic E-state index is 12.2. The van der Waals surface area contributed by atoms with Crippen molar-refractivity contribution in [2.24, 2.45) is 17.6 Å². The molecule has 0 aliphatic carbocycles. The number of hydrogen-bond donors (Lipinski definition) is 2. The van der Waals surface area contributed by atoms with Gasteiger partial charge in [0, 0.05) is 25.0 Å². The molecule has 5 heteroatoms. The first-order chi connectivity index (χ1) is 11.5. The van der Waals surface area contributed by atoms with Gasteiger partial charge in [-0.3, -0.25) is 4.79 Å². The van der Waals surface area contributed by atoms with E-state index in [1.54, 1.807) is 0 Å². The summed E-state index contributed by atoms with van der Waals surface area (Å²) in [6.07, 6.45) is 2.96. The van der Waals surface area contributed by atoms with Crippen molar-refractivity contribution in [1.82, 2.24) is 0 Å². The van der Waals surface area contributed by atoms with Crippen LogP contribution >= 0.6 is 0 Å². The first kappa shape index (κ1) is 18.7. The lowest BCUT2D eigenvalue weighted by Crippen LogP contribution is -2.40. The van der Waals surface area contributed by atoms with Gasteiger partial charge in [-0.2, -0.15) is 0 Å². The second-order valence-corrected chi connectivity index (χ2v) is 6.75. The molecule has 1 aliphatic rings. The van der Waals surface area contributed by atoms with Gasteiger partial charge >= 0.3 is 0 Å². The molecule has 1 fully saturated rings. The smallest absolute Gasteiger partial charge is 0.241 e. The second-order valence-electron chi connectivity index (χ2n) is 6.75. The van der Waals surface area contributed by atoms with Gasteiger partial charge in [-0.15, -0.1) is 0 Å². The third kappa shape index (κ3) is 5.21. The van der Waals surface area contributed by atoms with Gasteiger partial charge in [0.05, 0.1) is 12.6 Å². The molecule has 0 spiro atoms. The minimum atomic E-state index is -0.497. The summed E-state index contributed by atoms with van der Waals surface area (Å²) in [5.74, 6) is 1.36. The molecular formula is C19H30N2O3. The van der Waals surface area contributed by atoms with Crippen molar-refractivity contribution in [1.29, 1.82) is 0 Å². The number of anilines is 1. The maximum absolute atomic E-state index is 12.2. The Morgan fingerprint density at radius 1 is 1.42 bits per heavy atom. The van der Waals surface area contributed by atoms with E-state index in [1.165, 1.54) is 0 Å². The van der Waals surface area contributed by atoms with Crippen molar-refractivity contribution in [2.45, 2.75) is 46.1 Å². The van der Waals surface area contributed by atoms with Crippen molar-refractivity contribution < 1.29 is 14.3 Å². The fourth-order valence-electron chi connectivity index (χ4n) is 2.69. The van der Waals surface area contributed by atoms with Crippen LogP contribution in [0.1, 0.15) is 38.7 Å². The Morgan fingerprint density at radius 3 is 2.79 bits per heavy atom. The number of amides is 1. The molecule has 5 nitrogen and oxygen atoms in total. The third-order valence-corrected chi connectivity index (χ3v) is 4.83. The Labute approximate surface area is 144 Å². The van der Waals surface area contributed by atoms with Crippen LogP contribution in [-0.4, -0.2) is 31.8 Å². The van der Waals surface area contributed by atoms with Crippen LogP contribution < -0.4 is 15.8 Å². The highest BCUT2D eigenvalue weighted by Gasteiger charge is 2.20. The van der Waals surface area contributed by atoms with Gasteiger partial charge in [-0.1, -0.05) is 26.3 Å². The average Bonchev–Trinajstić information content (AvgIpc) is 2.61. The molecule has 1 aliphatic heterocycles. The van der Waals surface area contributed by atoms with Crippen LogP contribution in [0.25, 0.3) is 0 Å². The summed E-state index contributed by atoms with van der Waals surface area (Å²) in [4.78, 5) is 12.2. The van der Waals surface area contributed by atoms with Crippen LogP contribution in [0.3, 0.4) is 0 Å². The Morgan fingerprint density at radius 2 is 2.12 bits per heavy atom. The highest BCUT2D eigenvalue weighted by Crippen LogP contribution is 2.25. The summed E-state index contributed by atoms with van der Waals surface area (Å²) in [6.45, 7) is 8.35. The van der Waals surface area contributed by atoms with Crippen LogP contribution in [0.2, 0.25) is 0 Å². The normalized spacial score (nSPS) is 18.0. The number of hydrogen-bond acceptors (Lipinski definition) is 4. The summed E-state index contributed by atoms with van der Waals surface area (Å²) < 4.78 is 11.4. The molecule has 0 aromatic heterocycles. The summed E-state index contributed by atoms with van der Waals surface area (Å²) >= 11 is 0. The molecule has 1 aromatic rings. The van der Waals surface area contributed by atoms with Gasteiger partial charge in [0.25, 0.3) is 0 Å². The van der Waals surface area contributed by atoms with E-state index in [1.807, 2.05) is 39.0 Å². The van der Waals surface area contributed by atoms with E-state index in [2.05, 4.69) is 5.32 Å². The highest BCUT2D eigenvalue weighted by atomic mass is 16.5. The average molecular weight is 334 g/mol. The van der Waals surface area contributed by atoms with Gasteiger partial charge in [0.2, 0.25) is 5.91 Å². The van der Waals surface area contributed by atoms with Gasteiger partial charge in [-0.25, -0.2) is 0 Å². The van der Waals surface area contributed by atoms with Crippen molar-refractivity contribution in [3.05, 3.63) is 23.8 Å². The SMILES string of the molecule is CCC(C)C(N)C(=O)Nc1ccc(C)c(OCC2CCOCC2)c1. The largest absolute Gasteiger partial charge is 0.493 e. The van der Waals surface area contributed by atoms with Gasteiger partial charge < -0.3 is 20.5 Å². The Balaban J connectivity index is 1.95. The van der Waals surface area contributed by atoms with E-state index in [0.29, 0.717) is 12.5 Å². The number of nitrogens with one attached hydrogen (secondary N) is 1. The van der Waals surface area contributed by atoms with Gasteiger partial charge in [0.1, 0.15) is 5.75 Å². The topological polar surface area (TPSA) is 73.6 Å². The lowest BCUT2D eigenvalue weighted by Gasteiger charge is -2.23. The van der Waals surface area contributed by atoms with E-state index in [4.69, 9.17) is 15.2 Å². The van der Waals surface area contributed by atoms with E-state index >= 15 is 0 Å². The second kappa shape index (κ2) is 9.04. The standard InChI is InChI=1S/C19H30N2O3/c1-4-13(2)18(20)19(22)21-16-6-5-14(3)17(11-16)24-12-15-7-9-23-10-8-15/h5-6,11,13,15,18H,4,7-10,12,20H2,1-3H3,(H,21,22). The van der Waals surface area contributed by atoms with Crippen LogP contribution in [0.4, 0.5) is 5.69 Å². The zero-order valence-corrected chi connectivity index (χ0v) is 15.0. The van der Waals surface area contributed by atoms with E-state index in [-0.39, 0.29) is 11.8 Å². The molecule has 24 heavy (non-hydrogen) atoms. The predicted molar refractivity (Wildman–Crippen MR) is 96.3 cm³/mol. The molecule has 1 saturated heterocycles. The quantitative estimate of drug-likeness (QED) is 0.803. The fourth-order valence-corrected chi connectivity index (χ4v) is 2.69. The molecule has 3 N–H and O–H groups in total. The minimum absolute atomic E-state index is 0.149. The lowest BCUT2D eigenvalue weighted by atomic mass is 9.99. The minimum Gasteiger partial charge on any atom is -0.493 e. The number of rotatable bonds is 7. The molecule has 2 unspecified atom stereocenters. The predicted octanol–water partition coefficient (Wildman–Crippen LogP) is 3.11. The molecule has 2 rings (SSSR count). The molecule has 0 saturated carbocycles. The van der Waals surface area contributed by atoms with Crippen molar-refractivity contribution in [2.75, 3.05) is 25.1 Å². The monoisotopic (exact) mass is 334 g/mol. The Kier molecular flexibility index (Phi) is 7.06. The van der Waals surface area contributed by atoms with Crippen molar-refractivity contribution in [3.8, 4) is 5.75 Å². The summed E-state index contributed by atoms with van der Waals surface area (Å²) in [6, 6.07) is 5.24.